The van der Waals surface area contributed by atoms with Gasteiger partial charge in [0.1, 0.15) is 0 Å². The summed E-state index contributed by atoms with van der Waals surface area (Å²) in [5, 5.41) is 10.5. The molecule has 0 aliphatic heterocycles. The molecule has 1 heterocycles. The van der Waals surface area contributed by atoms with Gasteiger partial charge in [-0.15, -0.1) is 0 Å². The van der Waals surface area contributed by atoms with Gasteiger partial charge in [0.15, 0.2) is 11.5 Å². The molecule has 0 aliphatic rings. The van der Waals surface area contributed by atoms with Crippen molar-refractivity contribution >= 4 is 11.9 Å². The molecule has 1 aromatic heterocycles. The van der Waals surface area contributed by atoms with Gasteiger partial charge in [0, 0.05) is 12.8 Å². The molecule has 0 fully saturated rings. The van der Waals surface area contributed by atoms with Crippen LogP contribution in [0.4, 0.5) is 0 Å². The van der Waals surface area contributed by atoms with E-state index >= 15 is 0 Å². The van der Waals surface area contributed by atoms with Crippen molar-refractivity contribution in [3.05, 3.63) is 11.9 Å². The Morgan fingerprint density at radius 1 is 0.545 bits per heavy atom. The Balaban J connectivity index is 2.19. The number of hydrogen-bond donors (Lipinski definition) is 1. The Labute approximate surface area is 270 Å². The van der Waals surface area contributed by atoms with E-state index in [4.69, 9.17) is 9.47 Å². The minimum Gasteiger partial charge on any atom is -0.503 e. The largest absolute Gasteiger partial charge is 0.503 e. The van der Waals surface area contributed by atoms with E-state index in [1.807, 2.05) is 0 Å². The van der Waals surface area contributed by atoms with Gasteiger partial charge in [-0.25, -0.2) is 0 Å². The summed E-state index contributed by atoms with van der Waals surface area (Å²) in [6, 6.07) is 0. The predicted octanol–water partition coefficient (Wildman–Crippen LogP) is 11.9. The van der Waals surface area contributed by atoms with Crippen molar-refractivity contribution in [1.82, 2.24) is 4.98 Å². The van der Waals surface area contributed by atoms with E-state index in [1.54, 1.807) is 6.92 Å². The van der Waals surface area contributed by atoms with E-state index in [2.05, 4.69) is 18.8 Å². The first-order valence-electron chi connectivity index (χ1n) is 18.6. The Kier molecular flexibility index (Phi) is 25.7. The number of hydrogen-bond acceptors (Lipinski definition) is 6. The van der Waals surface area contributed by atoms with Gasteiger partial charge in [0.2, 0.25) is 5.75 Å². The molecule has 0 amide bonds. The van der Waals surface area contributed by atoms with Gasteiger partial charge in [-0.05, 0) is 19.8 Å². The molecule has 0 saturated carbocycles. The molecule has 1 N–H and O–H groups in total. The van der Waals surface area contributed by atoms with Gasteiger partial charge in [-0.2, -0.15) is 0 Å². The highest BCUT2D eigenvalue weighted by atomic mass is 16.6. The summed E-state index contributed by atoms with van der Waals surface area (Å²) < 4.78 is 11.0. The van der Waals surface area contributed by atoms with Crippen LogP contribution >= 0.6 is 0 Å². The monoisotopic (exact) mass is 618 g/mol. The highest BCUT2D eigenvalue weighted by Gasteiger charge is 2.20. The lowest BCUT2D eigenvalue weighted by atomic mass is 10.0. The van der Waals surface area contributed by atoms with Gasteiger partial charge in [0.05, 0.1) is 11.9 Å². The first-order chi connectivity index (χ1) is 21.5. The summed E-state index contributed by atoms with van der Waals surface area (Å²) in [5.41, 5.74) is 0.324. The van der Waals surface area contributed by atoms with Crippen LogP contribution in [0.1, 0.15) is 199 Å². The first kappa shape index (κ1) is 39.9. The molecule has 6 nitrogen and oxygen atoms in total. The van der Waals surface area contributed by atoms with Crippen molar-refractivity contribution in [3.8, 4) is 17.2 Å². The van der Waals surface area contributed by atoms with E-state index < -0.39 is 11.9 Å². The molecular weight excluding hydrogens is 550 g/mol. The molecule has 44 heavy (non-hydrogen) atoms. The average molecular weight is 618 g/mol. The Bertz CT molecular complexity index is 856. The molecule has 0 unspecified atom stereocenters. The Morgan fingerprint density at radius 3 is 1.23 bits per heavy atom. The highest BCUT2D eigenvalue weighted by Crippen LogP contribution is 2.38. The Morgan fingerprint density at radius 2 is 0.864 bits per heavy atom. The molecule has 0 aliphatic carbocycles. The number of nitrogens with zero attached hydrogens (tertiary/aromatic N) is 1. The summed E-state index contributed by atoms with van der Waals surface area (Å²) in [6.07, 6.45) is 34.2. The van der Waals surface area contributed by atoms with Gasteiger partial charge >= 0.3 is 11.9 Å². The second kappa shape index (κ2) is 28.4. The van der Waals surface area contributed by atoms with Gasteiger partial charge in [0.25, 0.3) is 0 Å². The molecule has 0 saturated heterocycles. The standard InChI is InChI=1S/C38H67NO5/c1-4-6-8-10-12-14-16-18-20-22-24-26-28-30-35(40)43-34-32-39-33(3)37(42)38(34)44-36(41)31-29-27-25-23-21-19-17-15-13-11-9-7-5-2/h32,42H,4-31H2,1-3H3. The van der Waals surface area contributed by atoms with Crippen molar-refractivity contribution in [3.63, 3.8) is 0 Å². The van der Waals surface area contributed by atoms with Crippen molar-refractivity contribution in [1.29, 1.82) is 0 Å². The molecule has 1 aromatic rings. The summed E-state index contributed by atoms with van der Waals surface area (Å²) in [4.78, 5) is 29.1. The number of ether oxygens (including phenoxy) is 2. The lowest BCUT2D eigenvalue weighted by molar-refractivity contribution is -0.137. The van der Waals surface area contributed by atoms with Crippen LogP contribution in [-0.2, 0) is 9.59 Å². The number of unbranched alkanes of at least 4 members (excludes halogenated alkanes) is 24. The SMILES string of the molecule is CCCCCCCCCCCCCCCC(=O)Oc1cnc(C)c(O)c1OC(=O)CCCCCCCCCCCCCCC. The van der Waals surface area contributed by atoms with Gasteiger partial charge in [-0.3, -0.25) is 14.6 Å². The Hall–Kier alpha value is -2.11. The number of aromatic hydroxyl groups is 1. The topological polar surface area (TPSA) is 85.7 Å². The van der Waals surface area contributed by atoms with Crippen molar-refractivity contribution in [2.75, 3.05) is 0 Å². The lowest BCUT2D eigenvalue weighted by Crippen LogP contribution is -2.13. The number of aromatic nitrogens is 1. The zero-order valence-electron chi connectivity index (χ0n) is 28.9. The zero-order valence-corrected chi connectivity index (χ0v) is 28.9. The quantitative estimate of drug-likeness (QED) is 0.0682. The molecule has 254 valence electrons. The van der Waals surface area contributed by atoms with Crippen LogP contribution < -0.4 is 9.47 Å². The fourth-order valence-corrected chi connectivity index (χ4v) is 5.64. The van der Waals surface area contributed by atoms with Crippen LogP contribution in [0.3, 0.4) is 0 Å². The number of carbonyl (C=O) groups is 2. The smallest absolute Gasteiger partial charge is 0.311 e. The molecular formula is C38H67NO5. The van der Waals surface area contributed by atoms with Crippen LogP contribution in [-0.4, -0.2) is 22.0 Å². The van der Waals surface area contributed by atoms with Crippen LogP contribution in [0.2, 0.25) is 0 Å². The normalized spacial score (nSPS) is 11.2. The maximum Gasteiger partial charge on any atom is 0.311 e. The van der Waals surface area contributed by atoms with E-state index in [-0.39, 0.29) is 23.7 Å². The van der Waals surface area contributed by atoms with Crippen molar-refractivity contribution < 1.29 is 24.2 Å². The maximum absolute atomic E-state index is 12.5. The molecule has 1 rings (SSSR count). The molecule has 0 atom stereocenters. The van der Waals surface area contributed by atoms with E-state index in [0.29, 0.717) is 12.1 Å². The van der Waals surface area contributed by atoms with E-state index in [9.17, 15) is 14.7 Å². The van der Waals surface area contributed by atoms with Crippen LogP contribution in [0, 0.1) is 6.92 Å². The third-order valence-corrected chi connectivity index (χ3v) is 8.57. The fourth-order valence-electron chi connectivity index (χ4n) is 5.64. The second-order valence-electron chi connectivity index (χ2n) is 12.8. The molecule has 0 bridgehead atoms. The molecule has 0 radical (unpaired) electrons. The second-order valence-corrected chi connectivity index (χ2v) is 12.8. The minimum absolute atomic E-state index is 0.00603. The van der Waals surface area contributed by atoms with Crippen LogP contribution in [0.15, 0.2) is 6.20 Å². The third kappa shape index (κ3) is 21.6. The van der Waals surface area contributed by atoms with Crippen LogP contribution in [0.25, 0.3) is 0 Å². The first-order valence-corrected chi connectivity index (χ1v) is 18.6. The van der Waals surface area contributed by atoms with Gasteiger partial charge in [-0.1, -0.05) is 168 Å². The fraction of sp³-hybridized carbons (Fsp3) is 0.816. The zero-order chi connectivity index (χ0) is 32.1. The minimum atomic E-state index is -0.428. The molecule has 6 heteroatoms. The summed E-state index contributed by atoms with van der Waals surface area (Å²) in [7, 11) is 0. The lowest BCUT2D eigenvalue weighted by Gasteiger charge is -2.13. The van der Waals surface area contributed by atoms with Crippen molar-refractivity contribution in [2.24, 2.45) is 0 Å². The number of carbonyl (C=O) groups excluding carboxylic acids is 2. The average Bonchev–Trinajstić information content (AvgIpc) is 3.01. The molecule has 0 aromatic carbocycles. The maximum atomic E-state index is 12.5. The molecule has 0 spiro atoms. The third-order valence-electron chi connectivity index (χ3n) is 8.57. The highest BCUT2D eigenvalue weighted by molar-refractivity contribution is 5.77. The summed E-state index contributed by atoms with van der Waals surface area (Å²) >= 11 is 0. The van der Waals surface area contributed by atoms with Gasteiger partial charge < -0.3 is 14.6 Å². The number of esters is 2. The predicted molar refractivity (Wildman–Crippen MR) is 183 cm³/mol. The number of rotatable bonds is 30. The number of pyridine rings is 1. The summed E-state index contributed by atoms with van der Waals surface area (Å²) in [5.74, 6) is -1.17. The summed E-state index contributed by atoms with van der Waals surface area (Å²) in [6.45, 7) is 6.14. The van der Waals surface area contributed by atoms with Crippen LogP contribution in [0.5, 0.6) is 17.2 Å². The van der Waals surface area contributed by atoms with Crippen molar-refractivity contribution in [2.45, 2.75) is 201 Å². The van der Waals surface area contributed by atoms with E-state index in [1.165, 1.54) is 135 Å². The number of aryl methyl sites for hydroxylation is 1. The van der Waals surface area contributed by atoms with E-state index in [0.717, 1.165) is 38.5 Å².